The topological polar surface area (TPSA) is 84.1 Å². The van der Waals surface area contributed by atoms with Crippen molar-refractivity contribution in [1.29, 1.82) is 0 Å². The monoisotopic (exact) mass is 273 g/mol. The lowest BCUT2D eigenvalue weighted by Crippen LogP contribution is -2.29. The molecule has 1 aromatic rings. The van der Waals surface area contributed by atoms with Crippen molar-refractivity contribution in [3.63, 3.8) is 0 Å². The molecule has 1 atom stereocenters. The molecule has 0 fully saturated rings. The van der Waals surface area contributed by atoms with Crippen LogP contribution in [0.2, 0.25) is 0 Å². The van der Waals surface area contributed by atoms with Crippen LogP contribution in [0.5, 0.6) is 0 Å². The molecule has 1 amide bonds. The molecule has 1 unspecified atom stereocenters. The minimum absolute atomic E-state index is 0. The Balaban J connectivity index is 0.00000289. The van der Waals surface area contributed by atoms with E-state index in [9.17, 15) is 4.79 Å². The second-order valence-corrected chi connectivity index (χ2v) is 4.20. The van der Waals surface area contributed by atoms with Crippen LogP contribution in [-0.4, -0.2) is 36.0 Å². The van der Waals surface area contributed by atoms with Crippen LogP contribution in [0, 0.1) is 0 Å². The van der Waals surface area contributed by atoms with Gasteiger partial charge in [-0.3, -0.25) is 4.79 Å². The number of halogens is 1. The molecule has 18 heavy (non-hydrogen) atoms. The number of carbonyl (C=O) groups excluding carboxylic acids is 1. The lowest BCUT2D eigenvalue weighted by molar-refractivity contribution is -0.121. The van der Waals surface area contributed by atoms with Gasteiger partial charge >= 0.3 is 0 Å². The van der Waals surface area contributed by atoms with Crippen LogP contribution >= 0.6 is 12.4 Å². The quantitative estimate of drug-likeness (QED) is 0.807. The number of amides is 1. The Labute approximate surface area is 113 Å². The summed E-state index contributed by atoms with van der Waals surface area (Å²) in [6, 6.07) is 1.65. The average Bonchev–Trinajstić information content (AvgIpc) is 2.26. The molecule has 1 heterocycles. The van der Waals surface area contributed by atoms with Gasteiger partial charge in [-0.2, -0.15) is 0 Å². The van der Waals surface area contributed by atoms with E-state index in [-0.39, 0.29) is 24.4 Å². The van der Waals surface area contributed by atoms with Crippen LogP contribution < -0.4 is 16.0 Å². The molecular formula is C11H20ClN5O. The Hall–Kier alpha value is -1.40. The van der Waals surface area contributed by atoms with Crippen molar-refractivity contribution in [1.82, 2.24) is 15.3 Å². The van der Waals surface area contributed by atoms with Gasteiger partial charge in [-0.15, -0.1) is 12.4 Å². The second-order valence-electron chi connectivity index (χ2n) is 4.20. The van der Waals surface area contributed by atoms with Crippen molar-refractivity contribution in [3.8, 4) is 0 Å². The van der Waals surface area contributed by atoms with E-state index >= 15 is 0 Å². The summed E-state index contributed by atoms with van der Waals surface area (Å²) in [4.78, 5) is 21.6. The Kier molecular flexibility index (Phi) is 7.23. The lowest BCUT2D eigenvalue weighted by Gasteiger charge is -2.11. The summed E-state index contributed by atoms with van der Waals surface area (Å²) in [5.41, 5.74) is 6.31. The van der Waals surface area contributed by atoms with Gasteiger partial charge in [0.05, 0.1) is 12.2 Å². The minimum Gasteiger partial charge on any atom is -0.350 e. The van der Waals surface area contributed by atoms with Gasteiger partial charge in [0.1, 0.15) is 0 Å². The van der Waals surface area contributed by atoms with Gasteiger partial charge in [0, 0.05) is 32.8 Å². The Morgan fingerprint density at radius 1 is 1.56 bits per heavy atom. The third-order valence-corrected chi connectivity index (χ3v) is 2.07. The van der Waals surface area contributed by atoms with E-state index in [1.165, 1.54) is 0 Å². The zero-order valence-electron chi connectivity index (χ0n) is 10.9. The van der Waals surface area contributed by atoms with Crippen molar-refractivity contribution < 1.29 is 4.79 Å². The van der Waals surface area contributed by atoms with Gasteiger partial charge < -0.3 is 16.0 Å². The smallest absolute Gasteiger partial charge is 0.225 e. The highest BCUT2D eigenvalue weighted by atomic mass is 35.5. The zero-order valence-corrected chi connectivity index (χ0v) is 11.7. The number of hydrogen-bond acceptors (Lipinski definition) is 5. The fourth-order valence-electron chi connectivity index (χ4n) is 1.25. The van der Waals surface area contributed by atoms with Crippen LogP contribution in [0.3, 0.4) is 0 Å². The van der Waals surface area contributed by atoms with Gasteiger partial charge in [-0.25, -0.2) is 9.97 Å². The summed E-state index contributed by atoms with van der Waals surface area (Å²) < 4.78 is 0. The van der Waals surface area contributed by atoms with Gasteiger partial charge in [-0.1, -0.05) is 0 Å². The Morgan fingerprint density at radius 2 is 2.22 bits per heavy atom. The number of aromatic nitrogens is 2. The number of nitrogens with one attached hydrogen (secondary N) is 1. The van der Waals surface area contributed by atoms with Crippen molar-refractivity contribution in [3.05, 3.63) is 18.0 Å². The molecule has 6 nitrogen and oxygen atoms in total. The van der Waals surface area contributed by atoms with Crippen molar-refractivity contribution in [2.45, 2.75) is 25.9 Å². The molecule has 0 saturated heterocycles. The largest absolute Gasteiger partial charge is 0.350 e. The second kappa shape index (κ2) is 7.84. The fourth-order valence-corrected chi connectivity index (χ4v) is 1.25. The molecule has 1 rings (SSSR count). The minimum atomic E-state index is -0.127. The van der Waals surface area contributed by atoms with E-state index in [0.29, 0.717) is 18.9 Å². The molecule has 3 N–H and O–H groups in total. The van der Waals surface area contributed by atoms with Gasteiger partial charge in [0.15, 0.2) is 0 Å². The first-order chi connectivity index (χ1) is 7.99. The zero-order chi connectivity index (χ0) is 12.8. The maximum absolute atomic E-state index is 11.4. The highest BCUT2D eigenvalue weighted by Gasteiger charge is 2.06. The van der Waals surface area contributed by atoms with Crippen LogP contribution in [-0.2, 0) is 11.3 Å². The van der Waals surface area contributed by atoms with Gasteiger partial charge in [-0.05, 0) is 13.0 Å². The summed E-state index contributed by atoms with van der Waals surface area (Å²) in [5.74, 6) is 0.564. The first kappa shape index (κ1) is 16.6. The molecule has 102 valence electrons. The van der Waals surface area contributed by atoms with Crippen molar-refractivity contribution in [2.24, 2.45) is 5.73 Å². The molecule has 0 spiro atoms. The number of anilines is 1. The first-order valence-electron chi connectivity index (χ1n) is 5.50. The summed E-state index contributed by atoms with van der Waals surface area (Å²) in [6.45, 7) is 2.20. The third kappa shape index (κ3) is 5.79. The van der Waals surface area contributed by atoms with Gasteiger partial charge in [0.2, 0.25) is 11.9 Å². The number of hydrogen-bond donors (Lipinski definition) is 2. The molecule has 0 aliphatic heterocycles. The summed E-state index contributed by atoms with van der Waals surface area (Å²) in [6.07, 6.45) is 2.00. The molecule has 0 aliphatic rings. The summed E-state index contributed by atoms with van der Waals surface area (Å²) in [5, 5.41) is 2.77. The number of nitrogens with zero attached hydrogens (tertiary/aromatic N) is 3. The highest BCUT2D eigenvalue weighted by molar-refractivity contribution is 5.85. The van der Waals surface area contributed by atoms with Crippen LogP contribution in [0.1, 0.15) is 19.0 Å². The lowest BCUT2D eigenvalue weighted by atomic mass is 10.2. The van der Waals surface area contributed by atoms with Gasteiger partial charge in [0.25, 0.3) is 0 Å². The van der Waals surface area contributed by atoms with E-state index in [1.54, 1.807) is 19.2 Å². The third-order valence-electron chi connectivity index (χ3n) is 2.07. The number of carbonyl (C=O) groups is 1. The number of rotatable bonds is 5. The molecule has 0 bridgehead atoms. The number of nitrogens with two attached hydrogens (primary N) is 1. The van der Waals surface area contributed by atoms with E-state index < -0.39 is 0 Å². The molecule has 0 saturated carbocycles. The fraction of sp³-hybridized carbons (Fsp3) is 0.545. The molecule has 0 aliphatic carbocycles. The van der Waals surface area contributed by atoms with E-state index in [1.807, 2.05) is 19.0 Å². The predicted molar refractivity (Wildman–Crippen MR) is 73.7 cm³/mol. The van der Waals surface area contributed by atoms with Crippen LogP contribution in [0.15, 0.2) is 12.3 Å². The van der Waals surface area contributed by atoms with E-state index in [0.717, 1.165) is 5.69 Å². The Morgan fingerprint density at radius 3 is 2.78 bits per heavy atom. The predicted octanol–water partition coefficient (Wildman–Crippen LogP) is 0.318. The summed E-state index contributed by atoms with van der Waals surface area (Å²) >= 11 is 0. The standard InChI is InChI=1S/C11H19N5O.ClH/c1-8(12)6-10(17)14-7-9-4-5-13-11(15-9)16(2)3;/h4-5,8H,6-7,12H2,1-3H3,(H,14,17);1H. The molecular weight excluding hydrogens is 254 g/mol. The Bertz CT molecular complexity index is 383. The maximum atomic E-state index is 11.4. The average molecular weight is 274 g/mol. The molecule has 1 aromatic heterocycles. The van der Waals surface area contributed by atoms with Crippen LogP contribution in [0.25, 0.3) is 0 Å². The maximum Gasteiger partial charge on any atom is 0.225 e. The van der Waals surface area contributed by atoms with Crippen molar-refractivity contribution in [2.75, 3.05) is 19.0 Å². The van der Waals surface area contributed by atoms with Crippen molar-refractivity contribution >= 4 is 24.3 Å². The van der Waals surface area contributed by atoms with E-state index in [4.69, 9.17) is 5.73 Å². The van der Waals surface area contributed by atoms with E-state index in [2.05, 4.69) is 15.3 Å². The molecule has 0 radical (unpaired) electrons. The molecule has 7 heteroatoms. The highest BCUT2D eigenvalue weighted by Crippen LogP contribution is 2.03. The normalized spacial score (nSPS) is 11.3. The molecule has 0 aromatic carbocycles. The van der Waals surface area contributed by atoms with Crippen LogP contribution in [0.4, 0.5) is 5.95 Å². The SMILES string of the molecule is CC(N)CC(=O)NCc1ccnc(N(C)C)n1.Cl. The first-order valence-corrected chi connectivity index (χ1v) is 5.50. The summed E-state index contributed by atoms with van der Waals surface area (Å²) in [7, 11) is 3.74.